The monoisotopic (exact) mass is 385 g/mol. The number of aromatic nitrogens is 2. The molecule has 1 amide bonds. The lowest BCUT2D eigenvalue weighted by Crippen LogP contribution is -2.74. The first-order chi connectivity index (χ1) is 13.4. The molecule has 3 aliphatic heterocycles. The van der Waals surface area contributed by atoms with Gasteiger partial charge in [-0.2, -0.15) is 0 Å². The SMILES string of the molecule is CC(C)n1c(=O)[nH]c2cccc(C(=O)NC3CC4CC[C@H](C3)[N+]43CC(O)C3)c21. The minimum Gasteiger partial charge on any atom is -0.382 e. The van der Waals surface area contributed by atoms with Crippen LogP contribution in [0.15, 0.2) is 23.0 Å². The van der Waals surface area contributed by atoms with E-state index in [2.05, 4.69) is 10.3 Å². The molecule has 0 radical (unpaired) electrons. The second-order valence-corrected chi connectivity index (χ2v) is 9.24. The molecule has 7 heteroatoms. The standard InChI is InChI=1S/C21H28N4O3/c1-12(2)24-19-17(4-3-5-18(19)23-21(24)28)20(27)22-13-8-14-6-7-15(9-13)25(14)10-16(26)11-25/h3-5,12-16,26H,6-11H2,1-2H3,(H-,22,23,27,28)/p+1/t13?,14-,15?,16?,25?/m1/s1. The summed E-state index contributed by atoms with van der Waals surface area (Å²) in [5.74, 6) is -0.0968. The molecule has 3 aliphatic rings. The van der Waals surface area contributed by atoms with Gasteiger partial charge in [0, 0.05) is 37.8 Å². The molecule has 3 saturated heterocycles. The summed E-state index contributed by atoms with van der Waals surface area (Å²) in [5, 5.41) is 13.1. The van der Waals surface area contributed by atoms with E-state index in [0.29, 0.717) is 28.7 Å². The largest absolute Gasteiger partial charge is 0.382 e. The number of fused-ring (bicyclic) bond motifs is 1. The van der Waals surface area contributed by atoms with E-state index < -0.39 is 0 Å². The number of benzene rings is 1. The molecule has 3 atom stereocenters. The summed E-state index contributed by atoms with van der Waals surface area (Å²) >= 11 is 0. The molecule has 3 fully saturated rings. The van der Waals surface area contributed by atoms with Gasteiger partial charge in [0.25, 0.3) is 5.91 Å². The number of carbonyl (C=O) groups is 1. The first kappa shape index (κ1) is 17.9. The fraction of sp³-hybridized carbons (Fsp3) is 0.619. The zero-order chi connectivity index (χ0) is 19.6. The third kappa shape index (κ3) is 2.49. The second kappa shape index (κ2) is 6.19. The Morgan fingerprint density at radius 3 is 2.54 bits per heavy atom. The number of aliphatic hydroxyl groups excluding tert-OH is 1. The highest BCUT2D eigenvalue weighted by molar-refractivity contribution is 6.05. The van der Waals surface area contributed by atoms with Gasteiger partial charge >= 0.3 is 5.69 Å². The maximum absolute atomic E-state index is 13.2. The van der Waals surface area contributed by atoms with Crippen molar-refractivity contribution in [2.24, 2.45) is 0 Å². The predicted molar refractivity (Wildman–Crippen MR) is 106 cm³/mol. The van der Waals surface area contributed by atoms with Crippen molar-refractivity contribution in [2.45, 2.75) is 69.8 Å². The molecule has 150 valence electrons. The summed E-state index contributed by atoms with van der Waals surface area (Å²) in [7, 11) is 0. The lowest BCUT2D eigenvalue weighted by atomic mass is 9.88. The Morgan fingerprint density at radius 2 is 1.93 bits per heavy atom. The van der Waals surface area contributed by atoms with Crippen molar-refractivity contribution >= 4 is 16.9 Å². The van der Waals surface area contributed by atoms with E-state index in [9.17, 15) is 14.7 Å². The number of aromatic amines is 1. The number of aliphatic hydroxyl groups is 1. The van der Waals surface area contributed by atoms with Gasteiger partial charge < -0.3 is 19.9 Å². The van der Waals surface area contributed by atoms with Crippen LogP contribution in [0.2, 0.25) is 0 Å². The van der Waals surface area contributed by atoms with Crippen molar-refractivity contribution in [2.75, 3.05) is 13.1 Å². The van der Waals surface area contributed by atoms with E-state index in [1.165, 1.54) is 12.8 Å². The molecule has 0 aliphatic carbocycles. The van der Waals surface area contributed by atoms with Crippen LogP contribution in [-0.4, -0.2) is 62.4 Å². The van der Waals surface area contributed by atoms with Gasteiger partial charge in [0.2, 0.25) is 0 Å². The van der Waals surface area contributed by atoms with Crippen molar-refractivity contribution in [1.29, 1.82) is 0 Å². The topological polar surface area (TPSA) is 87.1 Å². The van der Waals surface area contributed by atoms with Crippen LogP contribution in [0.4, 0.5) is 0 Å². The third-order valence-electron chi connectivity index (χ3n) is 7.34. The number of nitrogens with one attached hydrogen (secondary N) is 2. The minimum atomic E-state index is -0.177. The average molecular weight is 385 g/mol. The molecule has 5 rings (SSSR count). The average Bonchev–Trinajstić information content (AvgIpc) is 3.03. The van der Waals surface area contributed by atoms with E-state index in [1.807, 2.05) is 26.0 Å². The van der Waals surface area contributed by atoms with Crippen LogP contribution < -0.4 is 11.0 Å². The number of imidazole rings is 1. The maximum Gasteiger partial charge on any atom is 0.326 e. The fourth-order valence-corrected chi connectivity index (χ4v) is 6.17. The Morgan fingerprint density at radius 1 is 1.25 bits per heavy atom. The number of amides is 1. The van der Waals surface area contributed by atoms with Crippen molar-refractivity contribution in [3.05, 3.63) is 34.2 Å². The highest BCUT2D eigenvalue weighted by atomic mass is 16.3. The Hall–Kier alpha value is -2.12. The summed E-state index contributed by atoms with van der Waals surface area (Å²) in [6, 6.07) is 6.73. The second-order valence-electron chi connectivity index (χ2n) is 9.24. The summed E-state index contributed by atoms with van der Waals surface area (Å²) in [5.41, 5.74) is 1.77. The van der Waals surface area contributed by atoms with Gasteiger partial charge in [-0.25, -0.2) is 4.79 Å². The summed E-state index contributed by atoms with van der Waals surface area (Å²) < 4.78 is 2.74. The van der Waals surface area contributed by atoms with E-state index in [0.717, 1.165) is 30.4 Å². The van der Waals surface area contributed by atoms with Crippen LogP contribution in [0.1, 0.15) is 55.9 Å². The summed E-state index contributed by atoms with van der Waals surface area (Å²) in [4.78, 5) is 28.3. The number of hydrogen-bond acceptors (Lipinski definition) is 3. The Bertz CT molecular complexity index is 969. The molecule has 2 bridgehead atoms. The van der Waals surface area contributed by atoms with E-state index in [-0.39, 0.29) is 29.8 Å². The van der Waals surface area contributed by atoms with Crippen molar-refractivity contribution in [3.63, 3.8) is 0 Å². The molecule has 0 saturated carbocycles. The van der Waals surface area contributed by atoms with Gasteiger partial charge in [-0.1, -0.05) is 6.07 Å². The summed E-state index contributed by atoms with van der Waals surface area (Å²) in [6.07, 6.45) is 4.21. The Kier molecular flexibility index (Phi) is 3.97. The minimum absolute atomic E-state index is 0.0251. The highest BCUT2D eigenvalue weighted by Crippen LogP contribution is 2.46. The zero-order valence-corrected chi connectivity index (χ0v) is 16.5. The molecule has 2 aromatic rings. The zero-order valence-electron chi connectivity index (χ0n) is 16.5. The first-order valence-electron chi connectivity index (χ1n) is 10.5. The van der Waals surface area contributed by atoms with Crippen molar-refractivity contribution in [1.82, 2.24) is 14.9 Å². The fourth-order valence-electron chi connectivity index (χ4n) is 6.17. The normalized spacial score (nSPS) is 34.1. The van der Waals surface area contributed by atoms with Gasteiger partial charge in [0.1, 0.15) is 13.1 Å². The molecule has 28 heavy (non-hydrogen) atoms. The van der Waals surface area contributed by atoms with E-state index >= 15 is 0 Å². The van der Waals surface area contributed by atoms with Crippen molar-refractivity contribution < 1.29 is 14.4 Å². The van der Waals surface area contributed by atoms with Crippen LogP contribution >= 0.6 is 0 Å². The van der Waals surface area contributed by atoms with Gasteiger partial charge in [0.05, 0.1) is 28.7 Å². The predicted octanol–water partition coefficient (Wildman–Crippen LogP) is 1.52. The number of nitrogens with zero attached hydrogens (tertiary/aromatic N) is 2. The molecule has 1 aromatic heterocycles. The number of para-hydroxylation sites is 1. The van der Waals surface area contributed by atoms with Gasteiger partial charge in [0.15, 0.2) is 6.10 Å². The molecular weight excluding hydrogens is 356 g/mol. The Labute approximate surface area is 163 Å². The number of rotatable bonds is 3. The number of carbonyl (C=O) groups excluding carboxylic acids is 1. The quantitative estimate of drug-likeness (QED) is 0.700. The van der Waals surface area contributed by atoms with E-state index in [4.69, 9.17) is 0 Å². The molecule has 3 N–H and O–H groups in total. The third-order valence-corrected chi connectivity index (χ3v) is 7.34. The molecule has 4 heterocycles. The lowest BCUT2D eigenvalue weighted by Gasteiger charge is -2.57. The van der Waals surface area contributed by atoms with Crippen molar-refractivity contribution in [3.8, 4) is 0 Å². The number of quaternary nitrogens is 1. The van der Waals surface area contributed by atoms with Crippen LogP contribution in [0.3, 0.4) is 0 Å². The number of piperidine rings is 1. The summed E-state index contributed by atoms with van der Waals surface area (Å²) in [6.45, 7) is 5.68. The van der Waals surface area contributed by atoms with E-state index in [1.54, 1.807) is 10.6 Å². The van der Waals surface area contributed by atoms with Gasteiger partial charge in [-0.3, -0.25) is 9.36 Å². The van der Waals surface area contributed by atoms with Crippen LogP contribution in [0, 0.1) is 0 Å². The number of H-pyrrole nitrogens is 1. The van der Waals surface area contributed by atoms with Crippen LogP contribution in [-0.2, 0) is 0 Å². The van der Waals surface area contributed by atoms with Crippen LogP contribution in [0.25, 0.3) is 11.0 Å². The van der Waals surface area contributed by atoms with Gasteiger partial charge in [-0.15, -0.1) is 0 Å². The molecule has 7 nitrogen and oxygen atoms in total. The smallest absolute Gasteiger partial charge is 0.326 e. The first-order valence-corrected chi connectivity index (χ1v) is 10.5. The molecule has 2 unspecified atom stereocenters. The highest BCUT2D eigenvalue weighted by Gasteiger charge is 2.60. The Balaban J connectivity index is 1.39. The number of hydrogen-bond donors (Lipinski definition) is 3. The van der Waals surface area contributed by atoms with Crippen LogP contribution in [0.5, 0.6) is 0 Å². The van der Waals surface area contributed by atoms with Gasteiger partial charge in [-0.05, 0) is 26.0 Å². The maximum atomic E-state index is 13.2. The molecule has 1 spiro atoms. The molecular formula is C21H29N4O3+. The molecule has 1 aromatic carbocycles. The lowest BCUT2D eigenvalue weighted by molar-refractivity contribution is -1.01.